The first-order valence-electron chi connectivity index (χ1n) is 7.97. The Morgan fingerprint density at radius 2 is 1.74 bits per heavy atom. The third-order valence-electron chi connectivity index (χ3n) is 4.58. The molecule has 2 aliphatic heterocycles. The molecule has 0 spiro atoms. The van der Waals surface area contributed by atoms with Crippen LogP contribution < -0.4 is 14.4 Å². The van der Waals surface area contributed by atoms with Crippen LogP contribution >= 0.6 is 0 Å². The van der Waals surface area contributed by atoms with Gasteiger partial charge in [0.25, 0.3) is 0 Å². The predicted octanol–water partition coefficient (Wildman–Crippen LogP) is 2.09. The number of benzene rings is 1. The lowest BCUT2D eigenvalue weighted by atomic mass is 10.1. The van der Waals surface area contributed by atoms with Crippen LogP contribution in [-0.2, 0) is 0 Å². The summed E-state index contributed by atoms with van der Waals surface area (Å²) in [5.41, 5.74) is 1.26. The van der Waals surface area contributed by atoms with Crippen LogP contribution in [0.25, 0.3) is 0 Å². The van der Waals surface area contributed by atoms with Gasteiger partial charge in [-0.1, -0.05) is 6.07 Å². The van der Waals surface area contributed by atoms with Crippen molar-refractivity contribution < 1.29 is 9.47 Å². The number of ether oxygens (including phenoxy) is 2. The first-order chi connectivity index (χ1) is 11.3. The van der Waals surface area contributed by atoms with Gasteiger partial charge >= 0.3 is 0 Å². The Balaban J connectivity index is 1.42. The van der Waals surface area contributed by atoms with Crippen LogP contribution in [-0.4, -0.2) is 47.8 Å². The number of piperazine rings is 1. The minimum absolute atomic E-state index is 0.322. The smallest absolute Gasteiger partial charge is 0.231 e. The summed E-state index contributed by atoms with van der Waals surface area (Å²) >= 11 is 0. The monoisotopic (exact) mass is 312 g/mol. The van der Waals surface area contributed by atoms with E-state index in [1.165, 1.54) is 5.56 Å². The maximum atomic E-state index is 5.49. The largest absolute Gasteiger partial charge is 0.454 e. The number of fused-ring (bicyclic) bond motifs is 1. The summed E-state index contributed by atoms with van der Waals surface area (Å²) in [7, 11) is 0. The molecule has 0 aliphatic carbocycles. The second-order valence-corrected chi connectivity index (χ2v) is 5.86. The Labute approximate surface area is 135 Å². The van der Waals surface area contributed by atoms with Gasteiger partial charge in [-0.2, -0.15) is 0 Å². The zero-order chi connectivity index (χ0) is 15.6. The minimum atomic E-state index is 0.322. The topological polar surface area (TPSA) is 50.7 Å². The van der Waals surface area contributed by atoms with E-state index in [0.717, 1.165) is 43.6 Å². The van der Waals surface area contributed by atoms with Crippen molar-refractivity contribution in [3.8, 4) is 11.5 Å². The second-order valence-electron chi connectivity index (χ2n) is 5.86. The number of nitrogens with zero attached hydrogens (tertiary/aromatic N) is 4. The van der Waals surface area contributed by atoms with Gasteiger partial charge in [0, 0.05) is 44.6 Å². The van der Waals surface area contributed by atoms with Crippen molar-refractivity contribution in [2.24, 2.45) is 0 Å². The molecule has 0 radical (unpaired) electrons. The molecule has 0 saturated carbocycles. The molecular weight excluding hydrogens is 292 g/mol. The van der Waals surface area contributed by atoms with Crippen molar-refractivity contribution >= 4 is 5.95 Å². The summed E-state index contributed by atoms with van der Waals surface area (Å²) in [6.45, 7) is 6.44. The molecule has 4 rings (SSSR count). The highest BCUT2D eigenvalue weighted by atomic mass is 16.7. The van der Waals surface area contributed by atoms with E-state index < -0.39 is 0 Å². The summed E-state index contributed by atoms with van der Waals surface area (Å²) in [6, 6.07) is 8.43. The van der Waals surface area contributed by atoms with Crippen LogP contribution in [0.3, 0.4) is 0 Å². The molecule has 0 amide bonds. The molecule has 6 nitrogen and oxygen atoms in total. The molecule has 1 saturated heterocycles. The maximum Gasteiger partial charge on any atom is 0.231 e. The second kappa shape index (κ2) is 6.04. The van der Waals surface area contributed by atoms with Gasteiger partial charge in [-0.25, -0.2) is 9.97 Å². The number of aromatic nitrogens is 2. The highest BCUT2D eigenvalue weighted by Crippen LogP contribution is 2.35. The van der Waals surface area contributed by atoms with Crippen molar-refractivity contribution in [1.82, 2.24) is 14.9 Å². The molecule has 1 atom stereocenters. The first-order valence-corrected chi connectivity index (χ1v) is 7.97. The molecule has 1 aromatic carbocycles. The lowest BCUT2D eigenvalue weighted by molar-refractivity contribution is 0.173. The Morgan fingerprint density at radius 3 is 2.52 bits per heavy atom. The normalized spacial score (nSPS) is 18.9. The summed E-state index contributed by atoms with van der Waals surface area (Å²) in [4.78, 5) is 13.4. The highest BCUT2D eigenvalue weighted by Gasteiger charge is 2.24. The van der Waals surface area contributed by atoms with Crippen molar-refractivity contribution in [3.05, 3.63) is 42.2 Å². The van der Waals surface area contributed by atoms with Crippen LogP contribution in [0.4, 0.5) is 5.95 Å². The average Bonchev–Trinajstić information content (AvgIpc) is 3.10. The minimum Gasteiger partial charge on any atom is -0.454 e. The van der Waals surface area contributed by atoms with E-state index in [0.29, 0.717) is 12.8 Å². The number of anilines is 1. The zero-order valence-electron chi connectivity index (χ0n) is 13.2. The van der Waals surface area contributed by atoms with Gasteiger partial charge in [0.2, 0.25) is 12.7 Å². The van der Waals surface area contributed by atoms with Crippen molar-refractivity contribution in [2.45, 2.75) is 13.0 Å². The SMILES string of the molecule is C[C@@H](c1ccc2c(c1)OCO2)N1CCN(c2ncccn2)CC1. The van der Waals surface area contributed by atoms with Crippen molar-refractivity contribution in [3.63, 3.8) is 0 Å². The van der Waals surface area contributed by atoms with E-state index >= 15 is 0 Å². The van der Waals surface area contributed by atoms with Gasteiger partial charge in [-0.3, -0.25) is 4.90 Å². The molecular formula is C17H20N4O2. The zero-order valence-corrected chi connectivity index (χ0v) is 13.2. The predicted molar refractivity (Wildman–Crippen MR) is 86.8 cm³/mol. The molecule has 2 aliphatic rings. The fraction of sp³-hybridized carbons (Fsp3) is 0.412. The molecule has 0 bridgehead atoms. The molecule has 3 heterocycles. The maximum absolute atomic E-state index is 5.49. The Bertz CT molecular complexity index is 672. The molecule has 23 heavy (non-hydrogen) atoms. The Kier molecular flexibility index (Phi) is 3.75. The fourth-order valence-corrected chi connectivity index (χ4v) is 3.15. The van der Waals surface area contributed by atoms with E-state index in [9.17, 15) is 0 Å². The van der Waals surface area contributed by atoms with E-state index in [-0.39, 0.29) is 0 Å². The highest BCUT2D eigenvalue weighted by molar-refractivity contribution is 5.45. The lowest BCUT2D eigenvalue weighted by Crippen LogP contribution is -2.47. The summed E-state index contributed by atoms with van der Waals surface area (Å²) in [5.74, 6) is 2.51. The Hall–Kier alpha value is -2.34. The van der Waals surface area contributed by atoms with Crippen molar-refractivity contribution in [2.75, 3.05) is 37.9 Å². The van der Waals surface area contributed by atoms with Crippen LogP contribution in [0.15, 0.2) is 36.7 Å². The molecule has 1 fully saturated rings. The first kappa shape index (κ1) is 14.3. The third-order valence-corrected chi connectivity index (χ3v) is 4.58. The van der Waals surface area contributed by atoms with Crippen LogP contribution in [0, 0.1) is 0 Å². The Morgan fingerprint density at radius 1 is 1.00 bits per heavy atom. The van der Waals surface area contributed by atoms with Gasteiger partial charge in [0.15, 0.2) is 11.5 Å². The molecule has 2 aromatic rings. The summed E-state index contributed by atoms with van der Waals surface area (Å²) in [5, 5.41) is 0. The van der Waals surface area contributed by atoms with Crippen molar-refractivity contribution in [1.29, 1.82) is 0 Å². The van der Waals surface area contributed by atoms with E-state index in [2.05, 4.69) is 38.8 Å². The summed E-state index contributed by atoms with van der Waals surface area (Å²) < 4.78 is 10.9. The van der Waals surface area contributed by atoms with Gasteiger partial charge in [-0.05, 0) is 30.7 Å². The standard InChI is InChI=1S/C17H20N4O2/c1-13(14-3-4-15-16(11-14)23-12-22-15)20-7-9-21(10-8-20)17-18-5-2-6-19-17/h2-6,11,13H,7-10,12H2,1H3/t13-/m0/s1. The molecule has 120 valence electrons. The van der Waals surface area contributed by atoms with Crippen LogP contribution in [0.2, 0.25) is 0 Å². The van der Waals surface area contributed by atoms with E-state index in [1.807, 2.05) is 12.1 Å². The molecule has 0 N–H and O–H groups in total. The van der Waals surface area contributed by atoms with Crippen LogP contribution in [0.5, 0.6) is 11.5 Å². The number of hydrogen-bond acceptors (Lipinski definition) is 6. The fourth-order valence-electron chi connectivity index (χ4n) is 3.15. The van der Waals surface area contributed by atoms with E-state index in [4.69, 9.17) is 9.47 Å². The summed E-state index contributed by atoms with van der Waals surface area (Å²) in [6.07, 6.45) is 3.59. The quantitative estimate of drug-likeness (QED) is 0.865. The van der Waals surface area contributed by atoms with E-state index in [1.54, 1.807) is 12.4 Å². The van der Waals surface area contributed by atoms with Gasteiger partial charge < -0.3 is 14.4 Å². The van der Waals surface area contributed by atoms with Crippen LogP contribution in [0.1, 0.15) is 18.5 Å². The molecule has 1 aromatic heterocycles. The number of hydrogen-bond donors (Lipinski definition) is 0. The van der Waals surface area contributed by atoms with Gasteiger partial charge in [-0.15, -0.1) is 0 Å². The molecule has 6 heteroatoms. The molecule has 0 unspecified atom stereocenters. The van der Waals surface area contributed by atoms with Gasteiger partial charge in [0.1, 0.15) is 0 Å². The lowest BCUT2D eigenvalue weighted by Gasteiger charge is -2.38. The third kappa shape index (κ3) is 2.82. The number of rotatable bonds is 3. The van der Waals surface area contributed by atoms with Gasteiger partial charge in [0.05, 0.1) is 0 Å². The average molecular weight is 312 g/mol.